The van der Waals surface area contributed by atoms with E-state index in [1.54, 1.807) is 42.3 Å². The van der Waals surface area contributed by atoms with Gasteiger partial charge in [-0.25, -0.2) is 4.68 Å². The number of nitrogens with zero attached hydrogens (tertiary/aromatic N) is 3. The van der Waals surface area contributed by atoms with Gasteiger partial charge in [0.1, 0.15) is 5.75 Å². The molecule has 0 bridgehead atoms. The number of carbonyl (C=O) groups is 2. The van der Waals surface area contributed by atoms with Crippen molar-refractivity contribution in [3.05, 3.63) is 66.5 Å². The number of para-hydroxylation sites is 1. The Balaban J connectivity index is 1.71. The van der Waals surface area contributed by atoms with Crippen LogP contribution in [-0.4, -0.2) is 54.3 Å². The maximum atomic E-state index is 12.8. The van der Waals surface area contributed by atoms with Crippen molar-refractivity contribution in [3.8, 4) is 17.2 Å². The average molecular weight is 394 g/mol. The molecule has 2 amide bonds. The van der Waals surface area contributed by atoms with Crippen molar-refractivity contribution < 1.29 is 19.1 Å². The van der Waals surface area contributed by atoms with E-state index in [1.165, 1.54) is 19.1 Å². The highest BCUT2D eigenvalue weighted by atomic mass is 16.5. The van der Waals surface area contributed by atoms with E-state index in [4.69, 9.17) is 9.47 Å². The standard InChI is InChI=1S/C21H22N4O4/c1-24(14-19(26)22-15-8-7-11-17(12-15)28-2)21(27)20-18(29-3)13-25(23-20)16-9-5-4-6-10-16/h4-13H,14H2,1-3H3,(H,22,26). The summed E-state index contributed by atoms with van der Waals surface area (Å²) >= 11 is 0. The molecule has 0 unspecified atom stereocenters. The highest BCUT2D eigenvalue weighted by Gasteiger charge is 2.23. The average Bonchev–Trinajstić information content (AvgIpc) is 3.18. The minimum absolute atomic E-state index is 0.132. The number of nitrogens with one attached hydrogen (secondary N) is 1. The summed E-state index contributed by atoms with van der Waals surface area (Å²) in [6.07, 6.45) is 1.63. The molecule has 0 aliphatic rings. The van der Waals surface area contributed by atoms with Gasteiger partial charge in [0.25, 0.3) is 5.91 Å². The molecule has 8 heteroatoms. The zero-order chi connectivity index (χ0) is 20.8. The summed E-state index contributed by atoms with van der Waals surface area (Å²) < 4.78 is 12.0. The molecule has 150 valence electrons. The summed E-state index contributed by atoms with van der Waals surface area (Å²) in [6.45, 7) is -0.141. The van der Waals surface area contributed by atoms with Gasteiger partial charge in [0.05, 0.1) is 32.6 Å². The molecule has 0 saturated carbocycles. The molecule has 0 radical (unpaired) electrons. The number of hydrogen-bond acceptors (Lipinski definition) is 5. The smallest absolute Gasteiger partial charge is 0.278 e. The molecule has 1 N–H and O–H groups in total. The molecule has 0 saturated heterocycles. The maximum absolute atomic E-state index is 12.8. The lowest BCUT2D eigenvalue weighted by molar-refractivity contribution is -0.116. The summed E-state index contributed by atoms with van der Waals surface area (Å²) in [7, 11) is 4.56. The van der Waals surface area contributed by atoms with Crippen molar-refractivity contribution in [1.29, 1.82) is 0 Å². The predicted octanol–water partition coefficient (Wildman–Crippen LogP) is 2.60. The van der Waals surface area contributed by atoms with Crippen LogP contribution in [0, 0.1) is 0 Å². The first-order valence-electron chi connectivity index (χ1n) is 8.90. The minimum atomic E-state index is -0.419. The molecule has 1 aromatic heterocycles. The van der Waals surface area contributed by atoms with Crippen LogP contribution in [0.1, 0.15) is 10.5 Å². The van der Waals surface area contributed by atoms with Gasteiger partial charge in [-0.05, 0) is 24.3 Å². The zero-order valence-electron chi connectivity index (χ0n) is 16.5. The number of ether oxygens (including phenoxy) is 2. The maximum Gasteiger partial charge on any atom is 0.278 e. The van der Waals surface area contributed by atoms with Gasteiger partial charge in [-0.2, -0.15) is 5.10 Å². The molecule has 2 aromatic carbocycles. The fourth-order valence-corrected chi connectivity index (χ4v) is 2.74. The summed E-state index contributed by atoms with van der Waals surface area (Å²) in [5, 5.41) is 7.08. The lowest BCUT2D eigenvalue weighted by Gasteiger charge is -2.16. The Bertz CT molecular complexity index is 1000. The third-order valence-electron chi connectivity index (χ3n) is 4.20. The number of hydrogen-bond donors (Lipinski definition) is 1. The van der Waals surface area contributed by atoms with E-state index in [-0.39, 0.29) is 18.1 Å². The number of likely N-dealkylation sites (N-methyl/N-ethyl adjacent to an activating group) is 1. The van der Waals surface area contributed by atoms with Crippen LogP contribution < -0.4 is 14.8 Å². The number of rotatable bonds is 7. The highest BCUT2D eigenvalue weighted by molar-refractivity contribution is 5.99. The third kappa shape index (κ3) is 4.73. The van der Waals surface area contributed by atoms with Crippen LogP contribution in [0.2, 0.25) is 0 Å². The van der Waals surface area contributed by atoms with Gasteiger partial charge in [-0.1, -0.05) is 24.3 Å². The van der Waals surface area contributed by atoms with Crippen molar-refractivity contribution >= 4 is 17.5 Å². The Labute approximate surface area is 168 Å². The van der Waals surface area contributed by atoms with Gasteiger partial charge in [0, 0.05) is 18.8 Å². The van der Waals surface area contributed by atoms with E-state index in [9.17, 15) is 9.59 Å². The van der Waals surface area contributed by atoms with Gasteiger partial charge in [-0.3, -0.25) is 9.59 Å². The van der Waals surface area contributed by atoms with Crippen molar-refractivity contribution in [3.63, 3.8) is 0 Å². The second-order valence-corrected chi connectivity index (χ2v) is 6.27. The SMILES string of the molecule is COc1cccc(NC(=O)CN(C)C(=O)c2nn(-c3ccccc3)cc2OC)c1. The molecule has 0 fully saturated rings. The van der Waals surface area contributed by atoms with Gasteiger partial charge < -0.3 is 19.7 Å². The molecule has 0 spiro atoms. The normalized spacial score (nSPS) is 10.3. The lowest BCUT2D eigenvalue weighted by atomic mass is 10.3. The number of aromatic nitrogens is 2. The number of benzene rings is 2. The van der Waals surface area contributed by atoms with Crippen molar-refractivity contribution in [1.82, 2.24) is 14.7 Å². The molecule has 0 aliphatic heterocycles. The first-order chi connectivity index (χ1) is 14.0. The lowest BCUT2D eigenvalue weighted by Crippen LogP contribution is -2.35. The van der Waals surface area contributed by atoms with E-state index in [2.05, 4.69) is 10.4 Å². The molecule has 0 atom stereocenters. The second kappa shape index (κ2) is 8.92. The topological polar surface area (TPSA) is 85.7 Å². The molecular weight excluding hydrogens is 372 g/mol. The number of methoxy groups -OCH3 is 2. The summed E-state index contributed by atoms with van der Waals surface area (Å²) in [5.74, 6) is 0.204. The largest absolute Gasteiger partial charge is 0.497 e. The number of amides is 2. The van der Waals surface area contributed by atoms with Crippen LogP contribution in [0.25, 0.3) is 5.69 Å². The quantitative estimate of drug-likeness (QED) is 0.666. The molecule has 3 aromatic rings. The van der Waals surface area contributed by atoms with E-state index in [0.717, 1.165) is 5.69 Å². The fraction of sp³-hybridized carbons (Fsp3) is 0.190. The highest BCUT2D eigenvalue weighted by Crippen LogP contribution is 2.21. The Hall–Kier alpha value is -3.81. The molecule has 0 aliphatic carbocycles. The predicted molar refractivity (Wildman–Crippen MR) is 109 cm³/mol. The third-order valence-corrected chi connectivity index (χ3v) is 4.20. The fourth-order valence-electron chi connectivity index (χ4n) is 2.74. The summed E-state index contributed by atoms with van der Waals surface area (Å²) in [5.41, 5.74) is 1.51. The molecule has 1 heterocycles. The Morgan fingerprint density at radius 1 is 1.07 bits per heavy atom. The van der Waals surface area contributed by atoms with E-state index >= 15 is 0 Å². The second-order valence-electron chi connectivity index (χ2n) is 6.27. The van der Waals surface area contributed by atoms with Crippen LogP contribution in [0.5, 0.6) is 11.5 Å². The Morgan fingerprint density at radius 3 is 2.52 bits per heavy atom. The van der Waals surface area contributed by atoms with E-state index in [1.807, 2.05) is 30.3 Å². The number of carbonyl (C=O) groups excluding carboxylic acids is 2. The van der Waals surface area contributed by atoms with Crippen molar-refractivity contribution in [2.24, 2.45) is 0 Å². The van der Waals surface area contributed by atoms with Gasteiger partial charge >= 0.3 is 0 Å². The molecule has 29 heavy (non-hydrogen) atoms. The first kappa shape index (κ1) is 19.9. The van der Waals surface area contributed by atoms with Gasteiger partial charge in [-0.15, -0.1) is 0 Å². The van der Waals surface area contributed by atoms with Crippen LogP contribution in [0.4, 0.5) is 5.69 Å². The number of anilines is 1. The Morgan fingerprint density at radius 2 is 1.83 bits per heavy atom. The first-order valence-corrected chi connectivity index (χ1v) is 8.90. The molecule has 8 nitrogen and oxygen atoms in total. The minimum Gasteiger partial charge on any atom is -0.497 e. The van der Waals surface area contributed by atoms with Crippen molar-refractivity contribution in [2.75, 3.05) is 33.1 Å². The van der Waals surface area contributed by atoms with E-state index < -0.39 is 5.91 Å². The van der Waals surface area contributed by atoms with Crippen LogP contribution in [0.15, 0.2) is 60.8 Å². The van der Waals surface area contributed by atoms with Gasteiger partial charge in [0.15, 0.2) is 11.4 Å². The molecule has 3 rings (SSSR count). The summed E-state index contributed by atoms with van der Waals surface area (Å²) in [6, 6.07) is 16.4. The van der Waals surface area contributed by atoms with Crippen LogP contribution in [0.3, 0.4) is 0 Å². The van der Waals surface area contributed by atoms with Gasteiger partial charge in [0.2, 0.25) is 5.91 Å². The van der Waals surface area contributed by atoms with Crippen LogP contribution >= 0.6 is 0 Å². The summed E-state index contributed by atoms with van der Waals surface area (Å²) in [4.78, 5) is 26.5. The zero-order valence-corrected chi connectivity index (χ0v) is 16.5. The monoisotopic (exact) mass is 394 g/mol. The molecular formula is C21H22N4O4. The van der Waals surface area contributed by atoms with Crippen LogP contribution in [-0.2, 0) is 4.79 Å². The van der Waals surface area contributed by atoms with Crippen molar-refractivity contribution in [2.45, 2.75) is 0 Å². The Kier molecular flexibility index (Phi) is 6.13. The van der Waals surface area contributed by atoms with E-state index in [0.29, 0.717) is 17.2 Å².